The zero-order valence-electron chi connectivity index (χ0n) is 20.7. The Hall–Kier alpha value is -0.500. The molecule has 0 aromatic heterocycles. The van der Waals surface area contributed by atoms with Gasteiger partial charge in [-0.1, -0.05) is 38.3 Å². The Morgan fingerprint density at radius 2 is 1.73 bits per heavy atom. The molecule has 0 bridgehead atoms. The molecule has 6 nitrogen and oxygen atoms in total. The zero-order chi connectivity index (χ0) is 23.3. The van der Waals surface area contributed by atoms with Crippen LogP contribution < -0.4 is 0 Å². The largest absolute Gasteiger partial charge is 0.396 e. The van der Waals surface area contributed by atoms with Crippen molar-refractivity contribution in [2.45, 2.75) is 115 Å². The number of ether oxygens (including phenoxy) is 4. The van der Waals surface area contributed by atoms with Crippen molar-refractivity contribution in [3.8, 4) is 0 Å². The fourth-order valence-electron chi connectivity index (χ4n) is 5.68. The van der Waals surface area contributed by atoms with Gasteiger partial charge in [0.05, 0.1) is 12.2 Å². The molecule has 2 unspecified atom stereocenters. The molecule has 1 saturated carbocycles. The lowest BCUT2D eigenvalue weighted by Gasteiger charge is -2.30. The molecule has 2 N–H and O–H groups in total. The van der Waals surface area contributed by atoms with Gasteiger partial charge in [0, 0.05) is 32.3 Å². The molecule has 192 valence electrons. The summed E-state index contributed by atoms with van der Waals surface area (Å²) < 4.78 is 24.6. The first-order valence-corrected chi connectivity index (χ1v) is 13.7. The fourth-order valence-corrected chi connectivity index (χ4v) is 5.68. The average Bonchev–Trinajstić information content (AvgIpc) is 3.18. The number of aliphatic hydroxyl groups is 2. The van der Waals surface area contributed by atoms with E-state index in [-0.39, 0.29) is 49.8 Å². The SMILES string of the molecule is CCCCC[C@@H](C=C[C@H]1[C@@H](CCCO)[C@@H](CO)C[C@H]1OC1CCCCO1)OC1CCCCO1. The van der Waals surface area contributed by atoms with E-state index in [2.05, 4.69) is 19.1 Å². The molecule has 7 atom stereocenters. The van der Waals surface area contributed by atoms with Crippen LogP contribution in [0.25, 0.3) is 0 Å². The molecule has 3 fully saturated rings. The molecule has 2 saturated heterocycles. The van der Waals surface area contributed by atoms with Crippen LogP contribution in [-0.4, -0.2) is 61.4 Å². The first kappa shape index (κ1) is 27.1. The van der Waals surface area contributed by atoms with Crippen LogP contribution in [0.15, 0.2) is 12.2 Å². The number of unbranched alkanes of at least 4 members (excludes halogenated alkanes) is 2. The number of hydrogen-bond donors (Lipinski definition) is 2. The second-order valence-electron chi connectivity index (χ2n) is 10.1. The molecule has 0 aromatic carbocycles. The highest BCUT2D eigenvalue weighted by Crippen LogP contribution is 2.43. The predicted octanol–water partition coefficient (Wildman–Crippen LogP) is 4.96. The minimum atomic E-state index is -0.136. The Balaban J connectivity index is 1.70. The lowest BCUT2D eigenvalue weighted by Crippen LogP contribution is -2.31. The van der Waals surface area contributed by atoms with Gasteiger partial charge in [0.1, 0.15) is 0 Å². The van der Waals surface area contributed by atoms with Gasteiger partial charge in [-0.2, -0.15) is 0 Å². The van der Waals surface area contributed by atoms with Gasteiger partial charge in [0.15, 0.2) is 12.6 Å². The normalized spacial score (nSPS) is 34.2. The van der Waals surface area contributed by atoms with Gasteiger partial charge in [-0.05, 0) is 76.0 Å². The third-order valence-electron chi connectivity index (χ3n) is 7.56. The summed E-state index contributed by atoms with van der Waals surface area (Å²) in [6.07, 6.45) is 17.9. The Morgan fingerprint density at radius 1 is 0.970 bits per heavy atom. The fraction of sp³-hybridized carbons (Fsp3) is 0.926. The van der Waals surface area contributed by atoms with Crippen molar-refractivity contribution >= 4 is 0 Å². The molecule has 0 radical (unpaired) electrons. The molecule has 1 aliphatic carbocycles. The van der Waals surface area contributed by atoms with Gasteiger partial charge < -0.3 is 29.2 Å². The third-order valence-corrected chi connectivity index (χ3v) is 7.56. The molecule has 6 heteroatoms. The first-order chi connectivity index (χ1) is 16.2. The highest BCUT2D eigenvalue weighted by atomic mass is 16.7. The van der Waals surface area contributed by atoms with E-state index < -0.39 is 0 Å². The number of rotatable bonds is 14. The minimum Gasteiger partial charge on any atom is -0.396 e. The van der Waals surface area contributed by atoms with E-state index >= 15 is 0 Å². The zero-order valence-corrected chi connectivity index (χ0v) is 20.7. The quantitative estimate of drug-likeness (QED) is 0.277. The molecule has 33 heavy (non-hydrogen) atoms. The summed E-state index contributed by atoms with van der Waals surface area (Å²) in [5.74, 6) is 0.693. The summed E-state index contributed by atoms with van der Waals surface area (Å²) in [5, 5.41) is 19.6. The van der Waals surface area contributed by atoms with Crippen molar-refractivity contribution in [3.05, 3.63) is 12.2 Å². The first-order valence-electron chi connectivity index (χ1n) is 13.7. The predicted molar refractivity (Wildman–Crippen MR) is 129 cm³/mol. The van der Waals surface area contributed by atoms with Gasteiger partial charge in [0.25, 0.3) is 0 Å². The average molecular weight is 469 g/mol. The third kappa shape index (κ3) is 8.90. The van der Waals surface area contributed by atoms with E-state index in [1.165, 1.54) is 12.8 Å². The van der Waals surface area contributed by atoms with Crippen LogP contribution >= 0.6 is 0 Å². The van der Waals surface area contributed by atoms with Gasteiger partial charge in [-0.15, -0.1) is 0 Å². The van der Waals surface area contributed by atoms with Gasteiger partial charge in [-0.3, -0.25) is 0 Å². The summed E-state index contributed by atoms with van der Waals surface area (Å²) >= 11 is 0. The summed E-state index contributed by atoms with van der Waals surface area (Å²) in [4.78, 5) is 0. The molecule has 2 heterocycles. The Kier molecular flexibility index (Phi) is 12.7. The maximum Gasteiger partial charge on any atom is 0.158 e. The highest BCUT2D eigenvalue weighted by Gasteiger charge is 2.43. The molecular weight excluding hydrogens is 420 g/mol. The Labute approximate surface area is 201 Å². The van der Waals surface area contributed by atoms with Crippen LogP contribution in [0.5, 0.6) is 0 Å². The number of aliphatic hydroxyl groups excluding tert-OH is 2. The maximum atomic E-state index is 10.1. The molecule has 0 spiro atoms. The van der Waals surface area contributed by atoms with Gasteiger partial charge in [-0.25, -0.2) is 0 Å². The van der Waals surface area contributed by atoms with Crippen LogP contribution in [-0.2, 0) is 18.9 Å². The van der Waals surface area contributed by atoms with Crippen molar-refractivity contribution in [1.29, 1.82) is 0 Å². The molecule has 3 rings (SSSR count). The highest BCUT2D eigenvalue weighted by molar-refractivity contribution is 5.05. The van der Waals surface area contributed by atoms with Crippen LogP contribution in [0.1, 0.15) is 90.4 Å². The van der Waals surface area contributed by atoms with Crippen LogP contribution in [0, 0.1) is 17.8 Å². The summed E-state index contributed by atoms with van der Waals surface area (Å²) in [6, 6.07) is 0. The minimum absolute atomic E-state index is 0.0346. The van der Waals surface area contributed by atoms with Crippen molar-refractivity contribution in [3.63, 3.8) is 0 Å². The summed E-state index contributed by atoms with van der Waals surface area (Å²) in [6.45, 7) is 4.13. The molecular formula is C27H48O6. The van der Waals surface area contributed by atoms with Crippen molar-refractivity contribution in [2.24, 2.45) is 17.8 Å². The summed E-state index contributed by atoms with van der Waals surface area (Å²) in [7, 11) is 0. The topological polar surface area (TPSA) is 77.4 Å². The van der Waals surface area contributed by atoms with Crippen molar-refractivity contribution < 1.29 is 29.2 Å². The number of hydrogen-bond acceptors (Lipinski definition) is 6. The second-order valence-corrected chi connectivity index (χ2v) is 10.1. The smallest absolute Gasteiger partial charge is 0.158 e. The Bertz CT molecular complexity index is 529. The van der Waals surface area contributed by atoms with E-state index in [9.17, 15) is 10.2 Å². The molecule has 3 aliphatic rings. The molecule has 0 aromatic rings. The van der Waals surface area contributed by atoms with Crippen molar-refractivity contribution in [2.75, 3.05) is 26.4 Å². The van der Waals surface area contributed by atoms with Crippen LogP contribution in [0.3, 0.4) is 0 Å². The maximum absolute atomic E-state index is 10.1. The lowest BCUT2D eigenvalue weighted by atomic mass is 9.85. The van der Waals surface area contributed by atoms with Crippen molar-refractivity contribution in [1.82, 2.24) is 0 Å². The van der Waals surface area contributed by atoms with Crippen LogP contribution in [0.4, 0.5) is 0 Å². The lowest BCUT2D eigenvalue weighted by molar-refractivity contribution is -0.193. The molecule has 2 aliphatic heterocycles. The van der Waals surface area contributed by atoms with Crippen LogP contribution in [0.2, 0.25) is 0 Å². The van der Waals surface area contributed by atoms with E-state index in [0.717, 1.165) is 83.8 Å². The monoisotopic (exact) mass is 468 g/mol. The van der Waals surface area contributed by atoms with E-state index in [1.807, 2.05) is 0 Å². The summed E-state index contributed by atoms with van der Waals surface area (Å²) in [5.41, 5.74) is 0. The van der Waals surface area contributed by atoms with E-state index in [1.54, 1.807) is 0 Å². The van der Waals surface area contributed by atoms with Gasteiger partial charge in [0.2, 0.25) is 0 Å². The molecule has 0 amide bonds. The standard InChI is InChI=1S/C27H48O6/c1-2-3-4-10-22(32-26-12-5-7-17-30-26)14-15-24-23(11-9-16-28)21(20-29)19-25(24)33-27-13-6-8-18-31-27/h14-15,21-29H,2-13,16-20H2,1H3/t21-,22+,23+,24+,25-,26?,27?/m1/s1. The Morgan fingerprint density at radius 3 is 2.36 bits per heavy atom. The second kappa shape index (κ2) is 15.5. The van der Waals surface area contributed by atoms with E-state index in [0.29, 0.717) is 5.92 Å². The van der Waals surface area contributed by atoms with Gasteiger partial charge >= 0.3 is 0 Å². The van der Waals surface area contributed by atoms with E-state index in [4.69, 9.17) is 18.9 Å².